The van der Waals surface area contributed by atoms with E-state index in [2.05, 4.69) is 0 Å². The number of carbonyl (C=O) groups is 2. The van der Waals surface area contributed by atoms with Gasteiger partial charge in [0.15, 0.2) is 0 Å². The summed E-state index contributed by atoms with van der Waals surface area (Å²) in [4.78, 5) is 24.6. The van der Waals surface area contributed by atoms with Crippen LogP contribution in [-0.2, 0) is 9.59 Å². The molecule has 0 aromatic carbocycles. The van der Waals surface area contributed by atoms with Crippen LogP contribution in [-0.4, -0.2) is 41.0 Å². The number of hydrogen-bond donors (Lipinski definition) is 2. The lowest BCUT2D eigenvalue weighted by atomic mass is 9.66. The maximum Gasteiger partial charge on any atom is 0.323 e. The molecule has 18 heavy (non-hydrogen) atoms. The lowest BCUT2D eigenvalue weighted by Crippen LogP contribution is -2.47. The second-order valence-corrected chi connectivity index (χ2v) is 5.41. The molecule has 1 amide bonds. The summed E-state index contributed by atoms with van der Waals surface area (Å²) in [6.45, 7) is 4.14. The molecule has 3 N–H and O–H groups in total. The fourth-order valence-electron chi connectivity index (χ4n) is 2.41. The predicted molar refractivity (Wildman–Crippen MR) is 69.1 cm³/mol. The fraction of sp³-hybridized carbons (Fsp3) is 0.846. The highest BCUT2D eigenvalue weighted by molar-refractivity contribution is 5.82. The van der Waals surface area contributed by atoms with Crippen molar-refractivity contribution in [2.24, 2.45) is 11.1 Å². The van der Waals surface area contributed by atoms with E-state index in [9.17, 15) is 9.59 Å². The first-order valence-electron chi connectivity index (χ1n) is 6.65. The van der Waals surface area contributed by atoms with Crippen molar-refractivity contribution < 1.29 is 14.7 Å². The largest absolute Gasteiger partial charge is 0.480 e. The summed E-state index contributed by atoms with van der Waals surface area (Å²) in [5.41, 5.74) is 5.67. The normalized spacial score (nSPS) is 18.8. The lowest BCUT2D eigenvalue weighted by Gasteiger charge is -2.42. The molecule has 5 heteroatoms. The van der Waals surface area contributed by atoms with Gasteiger partial charge in [0.25, 0.3) is 0 Å². The highest BCUT2D eigenvalue weighted by Crippen LogP contribution is 2.43. The summed E-state index contributed by atoms with van der Waals surface area (Å²) in [6.07, 6.45) is 4.23. The Labute approximate surface area is 108 Å². The molecule has 0 saturated heterocycles. The van der Waals surface area contributed by atoms with Crippen LogP contribution in [0.3, 0.4) is 0 Å². The highest BCUT2D eigenvalue weighted by Gasteiger charge is 2.39. The van der Waals surface area contributed by atoms with Crippen LogP contribution in [0.25, 0.3) is 0 Å². The number of nitrogens with two attached hydrogens (primary N) is 1. The van der Waals surface area contributed by atoms with E-state index < -0.39 is 5.97 Å². The number of rotatable bonds is 7. The van der Waals surface area contributed by atoms with Gasteiger partial charge in [-0.05, 0) is 38.1 Å². The predicted octanol–water partition coefficient (Wildman–Crippen LogP) is 1.22. The van der Waals surface area contributed by atoms with Crippen molar-refractivity contribution in [2.45, 2.75) is 52.0 Å². The Morgan fingerprint density at radius 1 is 1.44 bits per heavy atom. The van der Waals surface area contributed by atoms with Gasteiger partial charge in [0.2, 0.25) is 5.91 Å². The molecule has 1 fully saturated rings. The Morgan fingerprint density at radius 3 is 2.39 bits per heavy atom. The van der Waals surface area contributed by atoms with Gasteiger partial charge in [-0.3, -0.25) is 9.59 Å². The van der Waals surface area contributed by atoms with Gasteiger partial charge in [-0.1, -0.05) is 13.3 Å². The Morgan fingerprint density at radius 2 is 2.06 bits per heavy atom. The minimum absolute atomic E-state index is 0.0384. The minimum Gasteiger partial charge on any atom is -0.480 e. The molecule has 0 radical (unpaired) electrons. The third-order valence-corrected chi connectivity index (χ3v) is 4.12. The summed E-state index contributed by atoms with van der Waals surface area (Å²) in [6, 6.07) is -0.0384. The van der Waals surface area contributed by atoms with Crippen molar-refractivity contribution in [2.75, 3.05) is 13.1 Å². The van der Waals surface area contributed by atoms with Crippen molar-refractivity contribution >= 4 is 11.9 Å². The maximum atomic E-state index is 12.3. The van der Waals surface area contributed by atoms with E-state index in [0.717, 1.165) is 25.7 Å². The smallest absolute Gasteiger partial charge is 0.323 e. The molecule has 1 atom stereocenters. The van der Waals surface area contributed by atoms with Crippen molar-refractivity contribution in [3.8, 4) is 0 Å². The van der Waals surface area contributed by atoms with Crippen LogP contribution >= 0.6 is 0 Å². The lowest BCUT2D eigenvalue weighted by molar-refractivity contribution is -0.147. The van der Waals surface area contributed by atoms with E-state index in [0.29, 0.717) is 13.0 Å². The molecule has 104 valence electrons. The van der Waals surface area contributed by atoms with Crippen LogP contribution in [0.1, 0.15) is 46.0 Å². The topological polar surface area (TPSA) is 83.6 Å². The van der Waals surface area contributed by atoms with E-state index in [-0.39, 0.29) is 23.9 Å². The average Bonchev–Trinajstić information content (AvgIpc) is 2.29. The SMILES string of the molecule is CCC(C)N(CC(=O)O)C(=O)CC1(CN)CCC1. The molecule has 5 nitrogen and oxygen atoms in total. The summed E-state index contributed by atoms with van der Waals surface area (Å²) in [7, 11) is 0. The summed E-state index contributed by atoms with van der Waals surface area (Å²) in [5, 5.41) is 8.89. The van der Waals surface area contributed by atoms with Crippen molar-refractivity contribution in [3.05, 3.63) is 0 Å². The van der Waals surface area contributed by atoms with E-state index >= 15 is 0 Å². The third kappa shape index (κ3) is 3.45. The highest BCUT2D eigenvalue weighted by atomic mass is 16.4. The second-order valence-electron chi connectivity index (χ2n) is 5.41. The third-order valence-electron chi connectivity index (χ3n) is 4.12. The van der Waals surface area contributed by atoms with Gasteiger partial charge in [-0.15, -0.1) is 0 Å². The average molecular weight is 256 g/mol. The fourth-order valence-corrected chi connectivity index (χ4v) is 2.41. The minimum atomic E-state index is -0.959. The summed E-state index contributed by atoms with van der Waals surface area (Å²) >= 11 is 0. The number of carboxylic acid groups (broad SMARTS) is 1. The standard InChI is InChI=1S/C13H24N2O3/c1-3-10(2)15(8-12(17)18)11(16)7-13(9-14)5-4-6-13/h10H,3-9,14H2,1-2H3,(H,17,18). The molecule has 0 aromatic heterocycles. The number of amides is 1. The molecular formula is C13H24N2O3. The van der Waals surface area contributed by atoms with Gasteiger partial charge in [-0.25, -0.2) is 0 Å². The first-order valence-corrected chi connectivity index (χ1v) is 6.65. The van der Waals surface area contributed by atoms with Gasteiger partial charge >= 0.3 is 5.97 Å². The van der Waals surface area contributed by atoms with Crippen LogP contribution in [0.2, 0.25) is 0 Å². The van der Waals surface area contributed by atoms with Crippen LogP contribution in [0.5, 0.6) is 0 Å². The molecule has 1 aliphatic rings. The molecule has 1 rings (SSSR count). The first-order chi connectivity index (χ1) is 8.44. The number of carboxylic acids is 1. The zero-order valence-electron chi connectivity index (χ0n) is 11.3. The summed E-state index contributed by atoms with van der Waals surface area (Å²) < 4.78 is 0. The van der Waals surface area contributed by atoms with Crippen molar-refractivity contribution in [1.82, 2.24) is 4.90 Å². The molecule has 1 saturated carbocycles. The van der Waals surface area contributed by atoms with Crippen LogP contribution in [0.15, 0.2) is 0 Å². The zero-order valence-corrected chi connectivity index (χ0v) is 11.3. The Balaban J connectivity index is 2.66. The quantitative estimate of drug-likeness (QED) is 0.717. The number of aliphatic carboxylic acids is 1. The first kappa shape index (κ1) is 15.0. The second kappa shape index (κ2) is 6.18. The molecule has 0 heterocycles. The maximum absolute atomic E-state index is 12.3. The van der Waals surface area contributed by atoms with E-state index in [1.165, 1.54) is 4.90 Å². The molecule has 0 spiro atoms. The van der Waals surface area contributed by atoms with Gasteiger partial charge in [0.05, 0.1) is 0 Å². The van der Waals surface area contributed by atoms with Gasteiger partial charge in [0, 0.05) is 12.5 Å². The molecular weight excluding hydrogens is 232 g/mol. The van der Waals surface area contributed by atoms with Crippen molar-refractivity contribution in [3.63, 3.8) is 0 Å². The van der Waals surface area contributed by atoms with E-state index in [4.69, 9.17) is 10.8 Å². The molecule has 1 unspecified atom stereocenters. The van der Waals surface area contributed by atoms with Crippen LogP contribution < -0.4 is 5.73 Å². The van der Waals surface area contributed by atoms with E-state index in [1.807, 2.05) is 13.8 Å². The Hall–Kier alpha value is -1.10. The molecule has 0 aliphatic heterocycles. The molecule has 1 aliphatic carbocycles. The monoisotopic (exact) mass is 256 g/mol. The zero-order chi connectivity index (χ0) is 13.8. The number of nitrogens with zero attached hydrogens (tertiary/aromatic N) is 1. The van der Waals surface area contributed by atoms with Gasteiger partial charge in [-0.2, -0.15) is 0 Å². The summed E-state index contributed by atoms with van der Waals surface area (Å²) in [5.74, 6) is -1.03. The van der Waals surface area contributed by atoms with Crippen molar-refractivity contribution in [1.29, 1.82) is 0 Å². The van der Waals surface area contributed by atoms with Crippen LogP contribution in [0.4, 0.5) is 0 Å². The number of hydrogen-bond acceptors (Lipinski definition) is 3. The van der Waals surface area contributed by atoms with E-state index in [1.54, 1.807) is 0 Å². The van der Waals surface area contributed by atoms with Crippen LogP contribution in [0, 0.1) is 5.41 Å². The Bertz CT molecular complexity index is 308. The Kier molecular flexibility index (Phi) is 5.14. The molecule has 0 bridgehead atoms. The van der Waals surface area contributed by atoms with Gasteiger partial charge in [0.1, 0.15) is 6.54 Å². The van der Waals surface area contributed by atoms with Gasteiger partial charge < -0.3 is 15.7 Å². The number of carbonyl (C=O) groups excluding carboxylic acids is 1. The molecule has 0 aromatic rings.